The fraction of sp³-hybridized carbons (Fsp3) is 0.133. The Bertz CT molecular complexity index is 718. The van der Waals surface area contributed by atoms with E-state index in [9.17, 15) is 13.2 Å². The van der Waals surface area contributed by atoms with E-state index in [-0.39, 0.29) is 5.69 Å². The summed E-state index contributed by atoms with van der Waals surface area (Å²) in [6.07, 6.45) is -4.58. The Morgan fingerprint density at radius 2 is 1.90 bits per heavy atom. The standard InChI is InChI=1S/C15H10ClF3N2/c1-9-13(16)3-2-4-14(9)21-11-6-5-10(8-20)12(7-11)15(17,18)19/h2-7,21H,1H3. The highest BCUT2D eigenvalue weighted by atomic mass is 35.5. The molecule has 6 heteroatoms. The lowest BCUT2D eigenvalue weighted by atomic mass is 10.1. The SMILES string of the molecule is Cc1c(Cl)cccc1Nc1ccc(C#N)c(C(F)(F)F)c1. The second kappa shape index (κ2) is 5.66. The Hall–Kier alpha value is -2.19. The fourth-order valence-corrected chi connectivity index (χ4v) is 2.03. The first-order chi connectivity index (χ1) is 9.82. The van der Waals surface area contributed by atoms with Crippen molar-refractivity contribution in [3.05, 3.63) is 58.1 Å². The van der Waals surface area contributed by atoms with Crippen LogP contribution in [0.4, 0.5) is 24.5 Å². The van der Waals surface area contributed by atoms with Crippen molar-refractivity contribution in [2.75, 3.05) is 5.32 Å². The van der Waals surface area contributed by atoms with E-state index in [0.717, 1.165) is 17.7 Å². The molecule has 21 heavy (non-hydrogen) atoms. The van der Waals surface area contributed by atoms with Crippen molar-refractivity contribution in [2.45, 2.75) is 13.1 Å². The maximum atomic E-state index is 12.9. The minimum Gasteiger partial charge on any atom is -0.355 e. The van der Waals surface area contributed by atoms with Gasteiger partial charge in [-0.3, -0.25) is 0 Å². The van der Waals surface area contributed by atoms with Gasteiger partial charge in [0.2, 0.25) is 0 Å². The number of hydrogen-bond donors (Lipinski definition) is 1. The van der Waals surface area contributed by atoms with Crippen molar-refractivity contribution in [3.63, 3.8) is 0 Å². The Kier molecular flexibility index (Phi) is 4.10. The van der Waals surface area contributed by atoms with Crippen molar-refractivity contribution in [1.82, 2.24) is 0 Å². The second-order valence-corrected chi connectivity index (χ2v) is 4.81. The van der Waals surface area contributed by atoms with Gasteiger partial charge in [-0.15, -0.1) is 0 Å². The minimum atomic E-state index is -4.58. The number of benzene rings is 2. The summed E-state index contributed by atoms with van der Waals surface area (Å²) in [5, 5.41) is 12.2. The number of rotatable bonds is 2. The lowest BCUT2D eigenvalue weighted by molar-refractivity contribution is -0.137. The zero-order valence-corrected chi connectivity index (χ0v) is 11.7. The third-order valence-electron chi connectivity index (χ3n) is 2.99. The lowest BCUT2D eigenvalue weighted by Crippen LogP contribution is -2.08. The van der Waals surface area contributed by atoms with Crippen LogP contribution in [-0.4, -0.2) is 0 Å². The lowest BCUT2D eigenvalue weighted by Gasteiger charge is -2.14. The maximum Gasteiger partial charge on any atom is 0.417 e. The summed E-state index contributed by atoms with van der Waals surface area (Å²) in [5.41, 5.74) is 0.217. The quantitative estimate of drug-likeness (QED) is 0.819. The molecule has 0 aliphatic rings. The van der Waals surface area contributed by atoms with E-state index >= 15 is 0 Å². The van der Waals surface area contributed by atoms with Crippen LogP contribution in [0.3, 0.4) is 0 Å². The molecule has 2 nitrogen and oxygen atoms in total. The molecule has 0 saturated carbocycles. The van der Waals surface area contributed by atoms with Crippen molar-refractivity contribution >= 4 is 23.0 Å². The van der Waals surface area contributed by atoms with Crippen molar-refractivity contribution < 1.29 is 13.2 Å². The molecule has 0 atom stereocenters. The first kappa shape index (κ1) is 15.2. The maximum absolute atomic E-state index is 12.9. The Morgan fingerprint density at radius 3 is 2.52 bits per heavy atom. The molecule has 0 radical (unpaired) electrons. The Labute approximate surface area is 124 Å². The molecule has 2 aromatic carbocycles. The molecule has 0 unspecified atom stereocenters. The summed E-state index contributed by atoms with van der Waals surface area (Å²) in [6, 6.07) is 10.1. The van der Waals surface area contributed by atoms with Crippen molar-refractivity contribution in [1.29, 1.82) is 5.26 Å². The summed E-state index contributed by atoms with van der Waals surface area (Å²) >= 11 is 5.97. The Balaban J connectivity index is 2.43. The van der Waals surface area contributed by atoms with Crippen LogP contribution in [0.2, 0.25) is 5.02 Å². The van der Waals surface area contributed by atoms with E-state index in [4.69, 9.17) is 16.9 Å². The van der Waals surface area contributed by atoms with Crippen LogP contribution in [-0.2, 0) is 6.18 Å². The highest BCUT2D eigenvalue weighted by molar-refractivity contribution is 6.31. The molecule has 0 spiro atoms. The molecule has 0 amide bonds. The van der Waals surface area contributed by atoms with Crippen molar-refractivity contribution in [2.24, 2.45) is 0 Å². The second-order valence-electron chi connectivity index (χ2n) is 4.41. The van der Waals surface area contributed by atoms with E-state index in [2.05, 4.69) is 5.32 Å². The van der Waals surface area contributed by atoms with Crippen LogP contribution >= 0.6 is 11.6 Å². The molecule has 0 saturated heterocycles. The predicted octanol–water partition coefficient (Wildman–Crippen LogP) is 5.28. The van der Waals surface area contributed by atoms with Crippen LogP contribution in [0.5, 0.6) is 0 Å². The molecule has 2 rings (SSSR count). The summed E-state index contributed by atoms with van der Waals surface area (Å²) in [7, 11) is 0. The van der Waals surface area contributed by atoms with Gasteiger partial charge in [-0.25, -0.2) is 0 Å². The third-order valence-corrected chi connectivity index (χ3v) is 3.40. The zero-order valence-electron chi connectivity index (χ0n) is 10.9. The van der Waals surface area contributed by atoms with Gasteiger partial charge < -0.3 is 5.32 Å². The number of nitrogens with one attached hydrogen (secondary N) is 1. The normalized spacial score (nSPS) is 11.0. The van der Waals surface area contributed by atoms with Crippen LogP contribution in [0.25, 0.3) is 0 Å². The molecular weight excluding hydrogens is 301 g/mol. The van der Waals surface area contributed by atoms with Gasteiger partial charge >= 0.3 is 6.18 Å². The molecule has 0 heterocycles. The van der Waals surface area contributed by atoms with Gasteiger partial charge in [0.25, 0.3) is 0 Å². The van der Waals surface area contributed by atoms with Gasteiger partial charge in [0.05, 0.1) is 17.2 Å². The topological polar surface area (TPSA) is 35.8 Å². The average Bonchev–Trinajstić information content (AvgIpc) is 2.43. The number of alkyl halides is 3. The molecule has 0 bridgehead atoms. The van der Waals surface area contributed by atoms with Gasteiger partial charge in [0.1, 0.15) is 0 Å². The molecule has 0 aromatic heterocycles. The summed E-state index contributed by atoms with van der Waals surface area (Å²) < 4.78 is 38.7. The van der Waals surface area contributed by atoms with Crippen LogP contribution < -0.4 is 5.32 Å². The van der Waals surface area contributed by atoms with E-state index in [1.165, 1.54) is 6.07 Å². The van der Waals surface area contributed by atoms with Crippen molar-refractivity contribution in [3.8, 4) is 6.07 Å². The number of nitriles is 1. The highest BCUT2D eigenvalue weighted by Gasteiger charge is 2.33. The fourth-order valence-electron chi connectivity index (χ4n) is 1.85. The largest absolute Gasteiger partial charge is 0.417 e. The van der Waals surface area contributed by atoms with Crippen LogP contribution in [0.1, 0.15) is 16.7 Å². The van der Waals surface area contributed by atoms with Crippen LogP contribution in [0.15, 0.2) is 36.4 Å². The Morgan fingerprint density at radius 1 is 1.19 bits per heavy atom. The van der Waals surface area contributed by atoms with E-state index < -0.39 is 17.3 Å². The van der Waals surface area contributed by atoms with Gasteiger partial charge in [0.15, 0.2) is 0 Å². The summed E-state index contributed by atoms with van der Waals surface area (Å²) in [4.78, 5) is 0. The van der Waals surface area contributed by atoms with E-state index in [0.29, 0.717) is 10.7 Å². The minimum absolute atomic E-state index is 0.242. The molecule has 108 valence electrons. The molecule has 2 aromatic rings. The van der Waals surface area contributed by atoms with Gasteiger partial charge in [-0.2, -0.15) is 18.4 Å². The molecule has 1 N–H and O–H groups in total. The molecule has 0 fully saturated rings. The van der Waals surface area contributed by atoms with Gasteiger partial charge in [-0.1, -0.05) is 17.7 Å². The van der Waals surface area contributed by atoms with E-state index in [1.807, 2.05) is 0 Å². The molecule has 0 aliphatic carbocycles. The van der Waals surface area contributed by atoms with Gasteiger partial charge in [-0.05, 0) is 42.8 Å². The predicted molar refractivity (Wildman–Crippen MR) is 75.6 cm³/mol. The first-order valence-electron chi connectivity index (χ1n) is 5.96. The average molecular weight is 311 g/mol. The first-order valence-corrected chi connectivity index (χ1v) is 6.34. The molecule has 0 aliphatic heterocycles. The molecular formula is C15H10ClF3N2. The number of hydrogen-bond acceptors (Lipinski definition) is 2. The number of halogens is 4. The summed E-state index contributed by atoms with van der Waals surface area (Å²) in [5.74, 6) is 0. The van der Waals surface area contributed by atoms with Gasteiger partial charge in [0, 0.05) is 16.4 Å². The van der Waals surface area contributed by atoms with Crippen LogP contribution in [0, 0.1) is 18.3 Å². The zero-order chi connectivity index (χ0) is 15.6. The highest BCUT2D eigenvalue weighted by Crippen LogP contribution is 2.34. The number of nitrogens with zero attached hydrogens (tertiary/aromatic N) is 1. The monoisotopic (exact) mass is 310 g/mol. The smallest absolute Gasteiger partial charge is 0.355 e. The van der Waals surface area contributed by atoms with E-state index in [1.54, 1.807) is 31.2 Å². The summed E-state index contributed by atoms with van der Waals surface area (Å²) in [6.45, 7) is 1.76. The third kappa shape index (κ3) is 3.29. The number of anilines is 2.